The number of carbonyl (C=O) groups excluding carboxylic acids is 1. The molecular formula is C23H22BrFN4O. The number of hydrogen-bond donors (Lipinski definition) is 0. The Balaban J connectivity index is 1.39. The van der Waals surface area contributed by atoms with Gasteiger partial charge in [-0.2, -0.15) is 0 Å². The van der Waals surface area contributed by atoms with Crippen molar-refractivity contribution < 1.29 is 9.18 Å². The Morgan fingerprint density at radius 1 is 1.03 bits per heavy atom. The maximum absolute atomic E-state index is 13.6. The normalized spacial score (nSPS) is 19.1. The zero-order valence-electron chi connectivity index (χ0n) is 16.5. The summed E-state index contributed by atoms with van der Waals surface area (Å²) < 4.78 is 14.6. The third-order valence-corrected chi connectivity index (χ3v) is 6.36. The first-order valence-electron chi connectivity index (χ1n) is 10.2. The van der Waals surface area contributed by atoms with Crippen molar-refractivity contribution in [1.29, 1.82) is 0 Å². The minimum Gasteiger partial charge on any atom is -0.314 e. The van der Waals surface area contributed by atoms with Crippen LogP contribution in [0.4, 0.5) is 4.39 Å². The smallest absolute Gasteiger partial charge is 0.259 e. The second-order valence-electron chi connectivity index (χ2n) is 7.87. The molecule has 3 heterocycles. The van der Waals surface area contributed by atoms with Gasteiger partial charge in [-0.05, 0) is 35.4 Å². The van der Waals surface area contributed by atoms with Gasteiger partial charge < -0.3 is 4.90 Å². The summed E-state index contributed by atoms with van der Waals surface area (Å²) >= 11 is 3.46. The van der Waals surface area contributed by atoms with Gasteiger partial charge in [-0.15, -0.1) is 0 Å². The molecule has 0 aromatic heterocycles. The molecule has 7 heteroatoms. The highest BCUT2D eigenvalue weighted by atomic mass is 79.9. The zero-order chi connectivity index (χ0) is 20.7. The third-order valence-electron chi connectivity index (χ3n) is 5.83. The summed E-state index contributed by atoms with van der Waals surface area (Å²) in [5, 5.41) is 0. The molecule has 3 aliphatic rings. The lowest BCUT2D eigenvalue weighted by Crippen LogP contribution is -2.53. The van der Waals surface area contributed by atoms with Crippen molar-refractivity contribution in [1.82, 2.24) is 14.7 Å². The Hall–Kier alpha value is -2.51. The van der Waals surface area contributed by atoms with E-state index in [2.05, 4.69) is 30.7 Å². The fraction of sp³-hybridized carbons (Fsp3) is 0.304. The van der Waals surface area contributed by atoms with E-state index in [4.69, 9.17) is 0 Å². The molecule has 2 aromatic carbocycles. The molecule has 0 saturated carbocycles. The van der Waals surface area contributed by atoms with Gasteiger partial charge in [0.2, 0.25) is 5.96 Å². The van der Waals surface area contributed by atoms with Gasteiger partial charge >= 0.3 is 0 Å². The number of rotatable bonds is 4. The highest BCUT2D eigenvalue weighted by molar-refractivity contribution is 9.10. The average molecular weight is 469 g/mol. The molecule has 0 N–H and O–H groups in total. The van der Waals surface area contributed by atoms with Crippen molar-refractivity contribution in [2.45, 2.75) is 19.5 Å². The number of nitrogens with zero attached hydrogens (tertiary/aromatic N) is 4. The SMILES string of the molecule is O=C1C2=C(CCN(Cc3cccc(F)c3)C2)N2CCN=C2N1Cc1ccc(Br)cc1. The number of benzene rings is 2. The van der Waals surface area contributed by atoms with Crippen LogP contribution in [0.2, 0.25) is 0 Å². The summed E-state index contributed by atoms with van der Waals surface area (Å²) in [6, 6.07) is 14.7. The summed E-state index contributed by atoms with van der Waals surface area (Å²) in [6.45, 7) is 4.09. The first-order chi connectivity index (χ1) is 14.6. The highest BCUT2D eigenvalue weighted by Gasteiger charge is 2.40. The predicted octanol–water partition coefficient (Wildman–Crippen LogP) is 3.76. The van der Waals surface area contributed by atoms with Crippen LogP contribution in [0.15, 0.2) is 69.3 Å². The number of aliphatic imine (C=N–C) groups is 1. The summed E-state index contributed by atoms with van der Waals surface area (Å²) in [7, 11) is 0. The fourth-order valence-corrected chi connectivity index (χ4v) is 4.68. The molecule has 0 radical (unpaired) electrons. The minimum atomic E-state index is -0.225. The van der Waals surface area contributed by atoms with Gasteiger partial charge in [-0.1, -0.05) is 40.2 Å². The number of halogens is 2. The highest BCUT2D eigenvalue weighted by Crippen LogP contribution is 2.32. The van der Waals surface area contributed by atoms with Crippen molar-refractivity contribution in [3.05, 3.63) is 81.2 Å². The van der Waals surface area contributed by atoms with Gasteiger partial charge in [-0.3, -0.25) is 19.6 Å². The number of amides is 1. The van der Waals surface area contributed by atoms with E-state index in [9.17, 15) is 9.18 Å². The molecule has 0 spiro atoms. The average Bonchev–Trinajstić information content (AvgIpc) is 3.22. The van der Waals surface area contributed by atoms with E-state index >= 15 is 0 Å². The molecule has 0 unspecified atom stereocenters. The van der Waals surface area contributed by atoms with Crippen LogP contribution in [0.25, 0.3) is 0 Å². The van der Waals surface area contributed by atoms with Gasteiger partial charge in [0.15, 0.2) is 0 Å². The van der Waals surface area contributed by atoms with Crippen molar-refractivity contribution in [3.8, 4) is 0 Å². The van der Waals surface area contributed by atoms with Crippen LogP contribution >= 0.6 is 15.9 Å². The molecule has 154 valence electrons. The van der Waals surface area contributed by atoms with Gasteiger partial charge in [0.05, 0.1) is 18.7 Å². The van der Waals surface area contributed by atoms with Crippen LogP contribution in [0.3, 0.4) is 0 Å². The number of guanidine groups is 1. The summed E-state index contributed by atoms with van der Waals surface area (Å²) in [5.41, 5.74) is 3.95. The van der Waals surface area contributed by atoms with E-state index in [1.807, 2.05) is 30.3 Å². The Labute approximate surface area is 183 Å². The molecule has 0 atom stereocenters. The first kappa shape index (κ1) is 19.5. The lowest BCUT2D eigenvalue weighted by molar-refractivity contribution is -0.125. The molecule has 1 amide bonds. The van der Waals surface area contributed by atoms with Crippen LogP contribution in [0.1, 0.15) is 17.5 Å². The van der Waals surface area contributed by atoms with E-state index in [-0.39, 0.29) is 11.7 Å². The summed E-state index contributed by atoms with van der Waals surface area (Å²) in [5.74, 6) is 0.589. The molecule has 0 fully saturated rings. The Bertz CT molecular complexity index is 1050. The van der Waals surface area contributed by atoms with Crippen LogP contribution in [-0.2, 0) is 17.9 Å². The Morgan fingerprint density at radius 2 is 1.87 bits per heavy atom. The van der Waals surface area contributed by atoms with Crippen molar-refractivity contribution in [2.75, 3.05) is 26.2 Å². The summed E-state index contributed by atoms with van der Waals surface area (Å²) in [4.78, 5) is 24.4. The van der Waals surface area contributed by atoms with Crippen molar-refractivity contribution >= 4 is 27.8 Å². The zero-order valence-corrected chi connectivity index (χ0v) is 18.1. The Kier molecular flexibility index (Phi) is 5.16. The molecule has 5 rings (SSSR count). The molecule has 0 saturated heterocycles. The largest absolute Gasteiger partial charge is 0.314 e. The second-order valence-corrected chi connectivity index (χ2v) is 8.78. The van der Waals surface area contributed by atoms with E-state index < -0.39 is 0 Å². The molecule has 0 bridgehead atoms. The van der Waals surface area contributed by atoms with E-state index in [0.29, 0.717) is 26.2 Å². The monoisotopic (exact) mass is 468 g/mol. The molecule has 5 nitrogen and oxygen atoms in total. The van der Waals surface area contributed by atoms with Gasteiger partial charge in [0.1, 0.15) is 5.82 Å². The maximum Gasteiger partial charge on any atom is 0.259 e. The van der Waals surface area contributed by atoms with E-state index in [0.717, 1.165) is 52.3 Å². The standard InChI is InChI=1S/C23H22BrFN4O/c24-18-6-4-16(5-7-18)14-29-22(30)20-15-27(13-17-2-1-3-19(25)12-17)10-8-21(20)28-11-9-26-23(28)29/h1-7,12H,8-11,13-15H2. The van der Waals surface area contributed by atoms with Crippen LogP contribution in [-0.4, -0.2) is 52.7 Å². The molecule has 0 aliphatic carbocycles. The van der Waals surface area contributed by atoms with Crippen LogP contribution in [0, 0.1) is 5.82 Å². The van der Waals surface area contributed by atoms with E-state index in [1.165, 1.54) is 6.07 Å². The van der Waals surface area contributed by atoms with E-state index in [1.54, 1.807) is 17.0 Å². The summed E-state index contributed by atoms with van der Waals surface area (Å²) in [6.07, 6.45) is 0.807. The molecule has 30 heavy (non-hydrogen) atoms. The topological polar surface area (TPSA) is 39.2 Å². The quantitative estimate of drug-likeness (QED) is 0.685. The van der Waals surface area contributed by atoms with Gasteiger partial charge in [-0.25, -0.2) is 4.39 Å². The van der Waals surface area contributed by atoms with Crippen molar-refractivity contribution in [2.24, 2.45) is 4.99 Å². The minimum absolute atomic E-state index is 0.0359. The maximum atomic E-state index is 13.6. The van der Waals surface area contributed by atoms with Crippen LogP contribution in [0.5, 0.6) is 0 Å². The molecule has 2 aromatic rings. The predicted molar refractivity (Wildman–Crippen MR) is 117 cm³/mol. The third kappa shape index (κ3) is 3.68. The molecular weight excluding hydrogens is 447 g/mol. The van der Waals surface area contributed by atoms with Gasteiger partial charge in [0.25, 0.3) is 5.91 Å². The first-order valence-corrected chi connectivity index (χ1v) is 10.9. The number of carbonyl (C=O) groups is 1. The van der Waals surface area contributed by atoms with Gasteiger partial charge in [0, 0.05) is 42.8 Å². The van der Waals surface area contributed by atoms with Crippen molar-refractivity contribution in [3.63, 3.8) is 0 Å². The second kappa shape index (κ2) is 7.96. The number of fused-ring (bicyclic) bond motifs is 2. The molecule has 3 aliphatic heterocycles. The number of hydrogen-bond acceptors (Lipinski definition) is 4. The lowest BCUT2D eigenvalue weighted by atomic mass is 10.00. The Morgan fingerprint density at radius 3 is 2.67 bits per heavy atom. The fourth-order valence-electron chi connectivity index (χ4n) is 4.42. The van der Waals surface area contributed by atoms with Crippen LogP contribution < -0.4 is 0 Å². The lowest BCUT2D eigenvalue weighted by Gasteiger charge is -2.42.